The van der Waals surface area contributed by atoms with Crippen LogP contribution in [0.3, 0.4) is 0 Å². The number of amides is 2. The Balaban J connectivity index is 1.35. The fourth-order valence-electron chi connectivity index (χ4n) is 4.39. The number of hydrogen-bond donors (Lipinski definition) is 1. The maximum absolute atomic E-state index is 14.1. The number of carbonyl (C=O) groups excluding carboxylic acids is 2. The number of nitrogens with one attached hydrogen (secondary N) is 1. The van der Waals surface area contributed by atoms with Gasteiger partial charge in [-0.3, -0.25) is 14.5 Å². The first-order valence-corrected chi connectivity index (χ1v) is 10.5. The van der Waals surface area contributed by atoms with Crippen LogP contribution in [0.4, 0.5) is 25.8 Å². The van der Waals surface area contributed by atoms with E-state index in [1.54, 1.807) is 18.0 Å². The predicted molar refractivity (Wildman–Crippen MR) is 118 cm³/mol. The molecule has 0 radical (unpaired) electrons. The maximum atomic E-state index is 14.1. The molecule has 2 heterocycles. The van der Waals surface area contributed by atoms with Crippen LogP contribution in [0.15, 0.2) is 30.3 Å². The van der Waals surface area contributed by atoms with Crippen LogP contribution in [-0.2, 0) is 16.0 Å². The number of benzene rings is 2. The van der Waals surface area contributed by atoms with Crippen molar-refractivity contribution in [3.05, 3.63) is 47.5 Å². The van der Waals surface area contributed by atoms with Crippen molar-refractivity contribution < 1.29 is 23.1 Å². The van der Waals surface area contributed by atoms with Gasteiger partial charge in [0.15, 0.2) is 17.4 Å². The molecule has 0 spiro atoms. The van der Waals surface area contributed by atoms with Crippen LogP contribution >= 0.6 is 0 Å². The number of halogens is 2. The molecule has 2 aromatic rings. The van der Waals surface area contributed by atoms with Gasteiger partial charge in [-0.2, -0.15) is 0 Å². The Bertz CT molecular complexity index is 1040. The second kappa shape index (κ2) is 8.74. The third-order valence-corrected chi connectivity index (χ3v) is 6.04. The standard InChI is InChI=1S/C23H26F2N4O3/c1-14-12-28(6-7-29(14)17-10-18(24)23(32-3)19(25)11-17)13-21(30)26-16-5-4-15-8-22(31)27(2)20(15)9-16/h4-5,9-11,14H,6-8,12-13H2,1-3H3,(H,26,30)/t14-/m1/s1. The first-order valence-electron chi connectivity index (χ1n) is 10.5. The van der Waals surface area contributed by atoms with Gasteiger partial charge in [-0.1, -0.05) is 6.07 Å². The lowest BCUT2D eigenvalue weighted by atomic mass is 10.1. The van der Waals surface area contributed by atoms with Gasteiger partial charge in [0.1, 0.15) is 0 Å². The van der Waals surface area contributed by atoms with E-state index in [4.69, 9.17) is 4.74 Å². The van der Waals surface area contributed by atoms with E-state index in [1.165, 1.54) is 19.2 Å². The molecule has 4 rings (SSSR count). The van der Waals surface area contributed by atoms with E-state index < -0.39 is 11.6 Å². The molecular weight excluding hydrogens is 418 g/mol. The molecule has 1 fully saturated rings. The van der Waals surface area contributed by atoms with Gasteiger partial charge in [0.2, 0.25) is 11.8 Å². The number of fused-ring (bicyclic) bond motifs is 1. The summed E-state index contributed by atoms with van der Waals surface area (Å²) in [5.74, 6) is -1.98. The van der Waals surface area contributed by atoms with Crippen molar-refractivity contribution in [2.75, 3.05) is 55.5 Å². The summed E-state index contributed by atoms with van der Waals surface area (Å²) in [4.78, 5) is 29.9. The van der Waals surface area contributed by atoms with Gasteiger partial charge in [-0.05, 0) is 24.6 Å². The summed E-state index contributed by atoms with van der Waals surface area (Å²) in [5.41, 5.74) is 2.86. The van der Waals surface area contributed by atoms with Gasteiger partial charge < -0.3 is 19.9 Å². The normalized spacial score (nSPS) is 18.7. The molecule has 0 bridgehead atoms. The molecule has 1 atom stereocenters. The van der Waals surface area contributed by atoms with E-state index in [2.05, 4.69) is 5.32 Å². The Morgan fingerprint density at radius 2 is 1.91 bits per heavy atom. The molecule has 32 heavy (non-hydrogen) atoms. The fraction of sp³-hybridized carbons (Fsp3) is 0.391. The fourth-order valence-corrected chi connectivity index (χ4v) is 4.39. The SMILES string of the molecule is COc1c(F)cc(N2CCN(CC(=O)Nc3ccc4c(c3)N(C)C(=O)C4)C[C@H]2C)cc1F. The van der Waals surface area contributed by atoms with Crippen molar-refractivity contribution >= 4 is 28.9 Å². The largest absolute Gasteiger partial charge is 0.491 e. The average molecular weight is 444 g/mol. The molecule has 0 aromatic heterocycles. The third-order valence-electron chi connectivity index (χ3n) is 6.04. The van der Waals surface area contributed by atoms with Gasteiger partial charge >= 0.3 is 0 Å². The Hall–Kier alpha value is -3.20. The zero-order valence-electron chi connectivity index (χ0n) is 18.3. The van der Waals surface area contributed by atoms with E-state index >= 15 is 0 Å². The Morgan fingerprint density at radius 3 is 2.56 bits per heavy atom. The number of rotatable bonds is 5. The van der Waals surface area contributed by atoms with Crippen LogP contribution in [0.5, 0.6) is 5.75 Å². The van der Waals surface area contributed by atoms with Crippen LogP contribution in [0.2, 0.25) is 0 Å². The minimum Gasteiger partial charge on any atom is -0.491 e. The van der Waals surface area contributed by atoms with E-state index in [0.29, 0.717) is 37.4 Å². The summed E-state index contributed by atoms with van der Waals surface area (Å²) in [7, 11) is 2.95. The maximum Gasteiger partial charge on any atom is 0.238 e. The van der Waals surface area contributed by atoms with E-state index in [1.807, 2.05) is 28.9 Å². The highest BCUT2D eigenvalue weighted by atomic mass is 19.1. The zero-order valence-corrected chi connectivity index (χ0v) is 18.3. The van der Waals surface area contributed by atoms with Gasteiger partial charge in [0.05, 0.1) is 20.1 Å². The molecule has 2 aromatic carbocycles. The lowest BCUT2D eigenvalue weighted by Gasteiger charge is -2.41. The van der Waals surface area contributed by atoms with Crippen LogP contribution in [0.25, 0.3) is 0 Å². The number of hydrogen-bond acceptors (Lipinski definition) is 5. The minimum absolute atomic E-state index is 0.0342. The molecule has 2 aliphatic rings. The van der Waals surface area contributed by atoms with Crippen molar-refractivity contribution in [1.29, 1.82) is 0 Å². The lowest BCUT2D eigenvalue weighted by molar-refractivity contribution is -0.118. The quantitative estimate of drug-likeness (QED) is 0.768. The highest BCUT2D eigenvalue weighted by Gasteiger charge is 2.27. The van der Waals surface area contributed by atoms with Gasteiger partial charge in [-0.25, -0.2) is 8.78 Å². The predicted octanol–water partition coefficient (Wildman–Crippen LogP) is 2.64. The van der Waals surface area contributed by atoms with Crippen molar-refractivity contribution in [2.24, 2.45) is 0 Å². The van der Waals surface area contributed by atoms with Crippen molar-refractivity contribution in [3.8, 4) is 5.75 Å². The second-order valence-electron chi connectivity index (χ2n) is 8.24. The summed E-state index contributed by atoms with van der Waals surface area (Å²) >= 11 is 0. The van der Waals surface area contributed by atoms with E-state index in [-0.39, 0.29) is 30.2 Å². The Morgan fingerprint density at radius 1 is 1.19 bits per heavy atom. The first kappa shape index (κ1) is 22.0. The third kappa shape index (κ3) is 4.25. The van der Waals surface area contributed by atoms with Crippen molar-refractivity contribution in [3.63, 3.8) is 0 Å². The smallest absolute Gasteiger partial charge is 0.238 e. The molecular formula is C23H26F2N4O3. The average Bonchev–Trinajstić information content (AvgIpc) is 3.01. The molecule has 0 unspecified atom stereocenters. The molecule has 7 nitrogen and oxygen atoms in total. The summed E-state index contributed by atoms with van der Waals surface area (Å²) < 4.78 is 33.0. The van der Waals surface area contributed by atoms with Gasteiger partial charge in [0.25, 0.3) is 0 Å². The highest BCUT2D eigenvalue weighted by molar-refractivity contribution is 6.02. The molecule has 1 saturated heterocycles. The van der Waals surface area contributed by atoms with Crippen LogP contribution in [0, 0.1) is 11.6 Å². The summed E-state index contributed by atoms with van der Waals surface area (Å²) in [6, 6.07) is 7.98. The molecule has 2 amide bonds. The number of anilines is 3. The minimum atomic E-state index is -0.738. The second-order valence-corrected chi connectivity index (χ2v) is 8.24. The summed E-state index contributed by atoms with van der Waals surface area (Å²) in [5, 5.41) is 2.89. The number of likely N-dealkylation sites (N-methyl/N-ethyl adjacent to an activating group) is 1. The van der Waals surface area contributed by atoms with Gasteiger partial charge in [-0.15, -0.1) is 0 Å². The lowest BCUT2D eigenvalue weighted by Crippen LogP contribution is -2.53. The number of ether oxygens (including phenoxy) is 1. The van der Waals surface area contributed by atoms with Crippen molar-refractivity contribution in [1.82, 2.24) is 4.90 Å². The molecule has 0 saturated carbocycles. The zero-order chi connectivity index (χ0) is 23.0. The summed E-state index contributed by atoms with van der Waals surface area (Å²) in [6.45, 7) is 3.84. The van der Waals surface area contributed by atoms with E-state index in [9.17, 15) is 18.4 Å². The molecule has 170 valence electrons. The van der Waals surface area contributed by atoms with Crippen LogP contribution in [-0.4, -0.2) is 63.1 Å². The molecule has 1 N–H and O–H groups in total. The number of carbonyl (C=O) groups is 2. The Kier molecular flexibility index (Phi) is 6.01. The molecule has 9 heteroatoms. The monoisotopic (exact) mass is 444 g/mol. The number of nitrogens with zero attached hydrogens (tertiary/aromatic N) is 3. The number of methoxy groups -OCH3 is 1. The van der Waals surface area contributed by atoms with Crippen LogP contribution in [0.1, 0.15) is 12.5 Å². The molecule has 2 aliphatic heterocycles. The summed E-state index contributed by atoms with van der Waals surface area (Å²) in [6.07, 6.45) is 0.379. The first-order chi connectivity index (χ1) is 15.3. The highest BCUT2D eigenvalue weighted by Crippen LogP contribution is 2.31. The van der Waals surface area contributed by atoms with Crippen molar-refractivity contribution in [2.45, 2.75) is 19.4 Å². The van der Waals surface area contributed by atoms with Gasteiger partial charge in [0, 0.05) is 61.9 Å². The Labute approximate surface area is 185 Å². The molecule has 0 aliphatic carbocycles. The van der Waals surface area contributed by atoms with E-state index in [0.717, 1.165) is 11.3 Å². The number of piperazine rings is 1. The van der Waals surface area contributed by atoms with Crippen LogP contribution < -0.4 is 19.9 Å². The topological polar surface area (TPSA) is 65.1 Å².